The first-order valence-corrected chi connectivity index (χ1v) is 8.36. The third kappa shape index (κ3) is 2.38. The van der Waals surface area contributed by atoms with Crippen LogP contribution >= 0.6 is 0 Å². The molecule has 2 N–H and O–H groups in total. The summed E-state index contributed by atoms with van der Waals surface area (Å²) in [5.41, 5.74) is -3.14. The van der Waals surface area contributed by atoms with Crippen LogP contribution < -0.4 is 9.47 Å². The van der Waals surface area contributed by atoms with Crippen molar-refractivity contribution in [3.63, 3.8) is 0 Å². The minimum Gasteiger partial charge on any atom is -0.481 e. The predicted octanol–water partition coefficient (Wildman–Crippen LogP) is 2.75. The zero-order valence-corrected chi connectivity index (χ0v) is 14.5. The Balaban J connectivity index is 2.13. The molecule has 0 saturated carbocycles. The fourth-order valence-electron chi connectivity index (χ4n) is 4.13. The number of Topliss-reactive ketones (excluding diaryl/α,β-unsaturated/α-hetero) is 1. The van der Waals surface area contributed by atoms with Crippen LogP contribution in [0.4, 0.5) is 0 Å². The van der Waals surface area contributed by atoms with Crippen molar-refractivity contribution >= 4 is 17.7 Å². The SMILES string of the molecule is CCC1C(C)(C(=O)O)C=CCC1(C(=O)O)C(=O)c1ccc2c(c1)OCO2. The topological polar surface area (TPSA) is 110 Å². The van der Waals surface area contributed by atoms with E-state index in [0.717, 1.165) is 0 Å². The molecule has 2 aliphatic rings. The van der Waals surface area contributed by atoms with Gasteiger partial charge in [-0.05, 0) is 31.5 Å². The number of rotatable bonds is 5. The number of ether oxygens (including phenoxy) is 2. The Labute approximate surface area is 150 Å². The van der Waals surface area contributed by atoms with Gasteiger partial charge in [-0.3, -0.25) is 14.4 Å². The number of ketones is 1. The van der Waals surface area contributed by atoms with Crippen molar-refractivity contribution in [3.05, 3.63) is 35.9 Å². The largest absolute Gasteiger partial charge is 0.481 e. The highest BCUT2D eigenvalue weighted by Gasteiger charge is 2.60. The Hall–Kier alpha value is -2.83. The van der Waals surface area contributed by atoms with E-state index in [1.807, 2.05) is 0 Å². The summed E-state index contributed by atoms with van der Waals surface area (Å²) in [5, 5.41) is 19.7. The number of hydrogen-bond acceptors (Lipinski definition) is 5. The lowest BCUT2D eigenvalue weighted by atomic mass is 9.54. The Morgan fingerprint density at radius 3 is 2.46 bits per heavy atom. The van der Waals surface area contributed by atoms with Crippen molar-refractivity contribution in [2.45, 2.75) is 26.7 Å². The van der Waals surface area contributed by atoms with Crippen LogP contribution in [0.2, 0.25) is 0 Å². The molecule has 1 heterocycles. The first-order chi connectivity index (χ1) is 12.3. The number of carbonyl (C=O) groups is 3. The van der Waals surface area contributed by atoms with Crippen LogP contribution in [0.25, 0.3) is 0 Å². The van der Waals surface area contributed by atoms with Crippen molar-refractivity contribution in [2.75, 3.05) is 6.79 Å². The zero-order chi connectivity index (χ0) is 19.1. The maximum absolute atomic E-state index is 13.3. The van der Waals surface area contributed by atoms with Gasteiger partial charge >= 0.3 is 11.9 Å². The summed E-state index contributed by atoms with van der Waals surface area (Å²) in [6.45, 7) is 3.20. The standard InChI is InChI=1S/C19H20O7/c1-3-14-18(2,16(21)22)7-4-8-19(14,17(23)24)15(20)11-5-6-12-13(9-11)26-10-25-12/h4-7,9,14H,3,8,10H2,1-2H3,(H,21,22)(H,23,24). The van der Waals surface area contributed by atoms with E-state index in [2.05, 4.69) is 0 Å². The van der Waals surface area contributed by atoms with E-state index in [4.69, 9.17) is 9.47 Å². The fraction of sp³-hybridized carbons (Fsp3) is 0.421. The second-order valence-corrected chi connectivity index (χ2v) is 6.83. The van der Waals surface area contributed by atoms with E-state index in [-0.39, 0.29) is 25.2 Å². The van der Waals surface area contributed by atoms with Gasteiger partial charge in [0.05, 0.1) is 5.41 Å². The monoisotopic (exact) mass is 360 g/mol. The molecule has 1 aromatic carbocycles. The van der Waals surface area contributed by atoms with Crippen molar-refractivity contribution < 1.29 is 34.1 Å². The summed E-state index contributed by atoms with van der Waals surface area (Å²) in [4.78, 5) is 37.5. The number of hydrogen-bond donors (Lipinski definition) is 2. The van der Waals surface area contributed by atoms with Crippen LogP contribution in [0, 0.1) is 16.7 Å². The Bertz CT molecular complexity index is 812. The molecule has 1 aromatic rings. The average molecular weight is 360 g/mol. The lowest BCUT2D eigenvalue weighted by Crippen LogP contribution is -2.54. The van der Waals surface area contributed by atoms with Crippen LogP contribution in [0.1, 0.15) is 37.0 Å². The van der Waals surface area contributed by atoms with Gasteiger partial charge in [-0.25, -0.2) is 0 Å². The minimum atomic E-state index is -1.86. The lowest BCUT2D eigenvalue weighted by molar-refractivity contribution is -0.159. The smallest absolute Gasteiger partial charge is 0.318 e. The van der Waals surface area contributed by atoms with Gasteiger partial charge in [0.25, 0.3) is 0 Å². The number of benzene rings is 1. The summed E-state index contributed by atoms with van der Waals surface area (Å²) < 4.78 is 10.5. The highest BCUT2D eigenvalue weighted by Crippen LogP contribution is 2.52. The summed E-state index contributed by atoms with van der Waals surface area (Å²) in [6, 6.07) is 4.50. The Morgan fingerprint density at radius 1 is 1.15 bits per heavy atom. The van der Waals surface area contributed by atoms with Crippen molar-refractivity contribution in [1.29, 1.82) is 0 Å². The molecule has 0 radical (unpaired) electrons. The van der Waals surface area contributed by atoms with E-state index in [1.165, 1.54) is 31.2 Å². The summed E-state index contributed by atoms with van der Waals surface area (Å²) in [5.74, 6) is -3.12. The third-order valence-electron chi connectivity index (χ3n) is 5.51. The molecule has 0 bridgehead atoms. The Morgan fingerprint density at radius 2 is 1.85 bits per heavy atom. The van der Waals surface area contributed by atoms with Gasteiger partial charge in [0.2, 0.25) is 6.79 Å². The van der Waals surface area contributed by atoms with Crippen molar-refractivity contribution in [1.82, 2.24) is 0 Å². The number of fused-ring (bicyclic) bond motifs is 1. The van der Waals surface area contributed by atoms with Gasteiger partial charge in [-0.1, -0.05) is 25.5 Å². The predicted molar refractivity (Wildman–Crippen MR) is 90.2 cm³/mol. The van der Waals surface area contributed by atoms with Gasteiger partial charge in [0.1, 0.15) is 5.41 Å². The highest BCUT2D eigenvalue weighted by molar-refractivity contribution is 6.13. The molecule has 3 unspecified atom stereocenters. The number of aliphatic carboxylic acids is 2. The molecule has 138 valence electrons. The van der Waals surface area contributed by atoms with Gasteiger partial charge in [-0.15, -0.1) is 0 Å². The molecule has 0 saturated heterocycles. The molecule has 7 nitrogen and oxygen atoms in total. The molecule has 0 aromatic heterocycles. The van der Waals surface area contributed by atoms with Crippen LogP contribution in [0.15, 0.2) is 30.4 Å². The second-order valence-electron chi connectivity index (χ2n) is 6.83. The van der Waals surface area contributed by atoms with Crippen LogP contribution in [-0.4, -0.2) is 34.7 Å². The van der Waals surface area contributed by atoms with E-state index in [0.29, 0.717) is 11.5 Å². The molecule has 1 aliphatic heterocycles. The highest BCUT2D eigenvalue weighted by atomic mass is 16.7. The summed E-state index contributed by atoms with van der Waals surface area (Å²) >= 11 is 0. The molecular weight excluding hydrogens is 340 g/mol. The third-order valence-corrected chi connectivity index (χ3v) is 5.51. The van der Waals surface area contributed by atoms with Gasteiger partial charge in [0.15, 0.2) is 17.3 Å². The molecule has 7 heteroatoms. The second kappa shape index (κ2) is 6.16. The van der Waals surface area contributed by atoms with E-state index >= 15 is 0 Å². The van der Waals surface area contributed by atoms with Crippen LogP contribution in [0.3, 0.4) is 0 Å². The molecule has 0 fully saturated rings. The maximum Gasteiger partial charge on any atom is 0.318 e. The molecule has 1 aliphatic carbocycles. The maximum atomic E-state index is 13.3. The van der Waals surface area contributed by atoms with Gasteiger partial charge < -0.3 is 19.7 Å². The number of carbonyl (C=O) groups excluding carboxylic acids is 1. The Kier molecular flexibility index (Phi) is 4.26. The van der Waals surface area contributed by atoms with Crippen molar-refractivity contribution in [3.8, 4) is 11.5 Å². The first-order valence-electron chi connectivity index (χ1n) is 8.36. The number of carboxylic acids is 2. The molecule has 0 spiro atoms. The van der Waals surface area contributed by atoms with Crippen molar-refractivity contribution in [2.24, 2.45) is 16.7 Å². The van der Waals surface area contributed by atoms with Crippen LogP contribution in [0.5, 0.6) is 11.5 Å². The van der Waals surface area contributed by atoms with E-state index < -0.39 is 34.5 Å². The van der Waals surface area contributed by atoms with E-state index in [1.54, 1.807) is 13.0 Å². The average Bonchev–Trinajstić information content (AvgIpc) is 3.07. The number of carboxylic acid groups (broad SMARTS) is 2. The first kappa shape index (κ1) is 18.0. The fourth-order valence-corrected chi connectivity index (χ4v) is 4.13. The zero-order valence-electron chi connectivity index (χ0n) is 14.5. The van der Waals surface area contributed by atoms with Crippen LogP contribution in [-0.2, 0) is 9.59 Å². The van der Waals surface area contributed by atoms with Gasteiger partial charge in [0, 0.05) is 11.5 Å². The quantitative estimate of drug-likeness (QED) is 0.472. The van der Waals surface area contributed by atoms with E-state index in [9.17, 15) is 24.6 Å². The minimum absolute atomic E-state index is 0.0362. The normalized spacial score (nSPS) is 29.4. The summed E-state index contributed by atoms with van der Waals surface area (Å²) in [7, 11) is 0. The lowest BCUT2D eigenvalue weighted by Gasteiger charge is -2.45. The summed E-state index contributed by atoms with van der Waals surface area (Å²) in [6.07, 6.45) is 3.16. The molecular formula is C19H20O7. The van der Waals surface area contributed by atoms with Gasteiger partial charge in [-0.2, -0.15) is 0 Å². The molecule has 26 heavy (non-hydrogen) atoms. The molecule has 3 rings (SSSR count). The molecule has 0 amide bonds. The molecule has 3 atom stereocenters. The number of allylic oxidation sites excluding steroid dienone is 1.